The van der Waals surface area contributed by atoms with Crippen molar-refractivity contribution in [3.8, 4) is 0 Å². The first-order chi connectivity index (χ1) is 9.82. The molecule has 0 bridgehead atoms. The number of aromatic amines is 1. The monoisotopic (exact) mass is 292 g/mol. The Morgan fingerprint density at radius 1 is 1.29 bits per heavy atom. The van der Waals surface area contributed by atoms with Crippen LogP contribution in [0.25, 0.3) is 0 Å². The van der Waals surface area contributed by atoms with E-state index >= 15 is 0 Å². The molecule has 1 aromatic rings. The lowest BCUT2D eigenvalue weighted by Crippen LogP contribution is -2.44. The van der Waals surface area contributed by atoms with Gasteiger partial charge in [0.1, 0.15) is 11.7 Å². The van der Waals surface area contributed by atoms with Gasteiger partial charge in [-0.15, -0.1) is 0 Å². The molecule has 1 heterocycles. The fourth-order valence-electron chi connectivity index (χ4n) is 2.73. The van der Waals surface area contributed by atoms with E-state index in [1.807, 2.05) is 0 Å². The predicted octanol–water partition coefficient (Wildman–Crippen LogP) is 1.68. The molecule has 2 rings (SSSR count). The predicted molar refractivity (Wildman–Crippen MR) is 76.5 cm³/mol. The van der Waals surface area contributed by atoms with Crippen LogP contribution < -0.4 is 5.32 Å². The molecule has 6 heteroatoms. The lowest BCUT2D eigenvalue weighted by molar-refractivity contribution is -0.140. The molecule has 0 fully saturated rings. The summed E-state index contributed by atoms with van der Waals surface area (Å²) >= 11 is 0. The molecule has 0 aromatic carbocycles. The Kier molecular flexibility index (Phi) is 4.16. The molecule has 1 amide bonds. The zero-order valence-electron chi connectivity index (χ0n) is 12.4. The van der Waals surface area contributed by atoms with Crippen LogP contribution in [0, 0.1) is 12.8 Å². The molecule has 0 radical (unpaired) electrons. The summed E-state index contributed by atoms with van der Waals surface area (Å²) in [6.45, 7) is 5.18. The number of aryl methyl sites for hydroxylation is 1. The number of carboxylic acid groups (broad SMARTS) is 1. The highest BCUT2D eigenvalue weighted by atomic mass is 16.4. The van der Waals surface area contributed by atoms with E-state index in [1.54, 1.807) is 20.8 Å². The second-order valence-electron chi connectivity index (χ2n) is 5.79. The normalized spacial score (nSPS) is 15.7. The molecule has 0 saturated heterocycles. The second kappa shape index (κ2) is 5.71. The minimum absolute atomic E-state index is 0.0442. The van der Waals surface area contributed by atoms with Gasteiger partial charge >= 0.3 is 5.97 Å². The molecule has 21 heavy (non-hydrogen) atoms. The number of aliphatic carboxylic acids is 1. The van der Waals surface area contributed by atoms with Crippen LogP contribution in [0.3, 0.4) is 0 Å². The number of carbonyl (C=O) groups is 3. The summed E-state index contributed by atoms with van der Waals surface area (Å²) < 4.78 is 0. The number of H-pyrrole nitrogens is 1. The molecule has 1 aromatic heterocycles. The number of hydrogen-bond donors (Lipinski definition) is 3. The fraction of sp³-hybridized carbons (Fsp3) is 0.533. The lowest BCUT2D eigenvalue weighted by Gasteiger charge is -2.17. The van der Waals surface area contributed by atoms with Gasteiger partial charge in [-0.3, -0.25) is 9.59 Å². The minimum Gasteiger partial charge on any atom is -0.480 e. The third-order valence-electron chi connectivity index (χ3n) is 3.88. The number of amides is 1. The smallest absolute Gasteiger partial charge is 0.326 e. The highest BCUT2D eigenvalue weighted by Crippen LogP contribution is 2.26. The van der Waals surface area contributed by atoms with Crippen molar-refractivity contribution >= 4 is 17.7 Å². The molecule has 114 valence electrons. The summed E-state index contributed by atoms with van der Waals surface area (Å²) in [5.74, 6) is -1.72. The minimum atomic E-state index is -1.07. The zero-order chi connectivity index (χ0) is 15.7. The van der Waals surface area contributed by atoms with Crippen LogP contribution in [-0.4, -0.2) is 33.8 Å². The van der Waals surface area contributed by atoms with Crippen molar-refractivity contribution in [2.24, 2.45) is 5.92 Å². The van der Waals surface area contributed by atoms with Crippen molar-refractivity contribution < 1.29 is 19.5 Å². The number of fused-ring (bicyclic) bond motifs is 1. The Hall–Kier alpha value is -2.11. The summed E-state index contributed by atoms with van der Waals surface area (Å²) in [4.78, 5) is 38.4. The van der Waals surface area contributed by atoms with Crippen molar-refractivity contribution in [3.63, 3.8) is 0 Å². The van der Waals surface area contributed by atoms with E-state index in [2.05, 4.69) is 10.3 Å². The van der Waals surface area contributed by atoms with E-state index in [0.717, 1.165) is 18.5 Å². The van der Waals surface area contributed by atoms with Gasteiger partial charge in [0.15, 0.2) is 5.78 Å². The summed E-state index contributed by atoms with van der Waals surface area (Å²) in [5, 5.41) is 11.6. The van der Waals surface area contributed by atoms with Gasteiger partial charge in [0.2, 0.25) is 0 Å². The maximum Gasteiger partial charge on any atom is 0.326 e. The van der Waals surface area contributed by atoms with Gasteiger partial charge in [-0.25, -0.2) is 4.79 Å². The third kappa shape index (κ3) is 2.84. The molecule has 1 atom stereocenters. The van der Waals surface area contributed by atoms with Crippen LogP contribution in [0.4, 0.5) is 0 Å². The van der Waals surface area contributed by atoms with Gasteiger partial charge in [-0.1, -0.05) is 13.8 Å². The first-order valence-corrected chi connectivity index (χ1v) is 7.11. The molecular formula is C15H20N2O4. The average Bonchev–Trinajstić information content (AvgIpc) is 2.73. The van der Waals surface area contributed by atoms with Gasteiger partial charge in [0.25, 0.3) is 5.91 Å². The summed E-state index contributed by atoms with van der Waals surface area (Å²) in [7, 11) is 0. The van der Waals surface area contributed by atoms with E-state index in [1.165, 1.54) is 0 Å². The number of carbonyl (C=O) groups excluding carboxylic acids is 2. The lowest BCUT2D eigenvalue weighted by atomic mass is 9.93. The molecule has 1 aliphatic rings. The van der Waals surface area contributed by atoms with E-state index in [0.29, 0.717) is 23.2 Å². The summed E-state index contributed by atoms with van der Waals surface area (Å²) in [5.41, 5.74) is 2.29. The van der Waals surface area contributed by atoms with E-state index in [9.17, 15) is 14.4 Å². The van der Waals surface area contributed by atoms with Gasteiger partial charge in [0, 0.05) is 17.7 Å². The van der Waals surface area contributed by atoms with Crippen LogP contribution >= 0.6 is 0 Å². The van der Waals surface area contributed by atoms with Crippen LogP contribution in [-0.2, 0) is 11.2 Å². The maximum absolute atomic E-state index is 12.3. The van der Waals surface area contributed by atoms with E-state index in [4.69, 9.17) is 5.11 Å². The number of aromatic nitrogens is 1. The van der Waals surface area contributed by atoms with Crippen molar-refractivity contribution in [2.45, 2.75) is 46.1 Å². The van der Waals surface area contributed by atoms with Gasteiger partial charge < -0.3 is 15.4 Å². The number of rotatable bonds is 4. The number of Topliss-reactive ketones (excluding diaryl/α,β-unsaturated/α-hetero) is 1. The number of carboxylic acids is 1. The van der Waals surface area contributed by atoms with Crippen LogP contribution in [0.1, 0.15) is 58.8 Å². The SMILES string of the molecule is Cc1c(C(=O)NC(C(=O)O)C(C)C)[nH]c2c1C(=O)CCC2. The first-order valence-electron chi connectivity index (χ1n) is 7.11. The summed E-state index contributed by atoms with van der Waals surface area (Å²) in [6.07, 6.45) is 2.01. The molecule has 0 spiro atoms. The Bertz CT molecular complexity index is 601. The summed E-state index contributed by atoms with van der Waals surface area (Å²) in [6, 6.07) is -0.951. The number of ketones is 1. The van der Waals surface area contributed by atoms with Crippen LogP contribution in [0.5, 0.6) is 0 Å². The zero-order valence-corrected chi connectivity index (χ0v) is 12.4. The third-order valence-corrected chi connectivity index (χ3v) is 3.88. The maximum atomic E-state index is 12.3. The van der Waals surface area contributed by atoms with Crippen LogP contribution in [0.2, 0.25) is 0 Å². The molecule has 0 aliphatic heterocycles. The van der Waals surface area contributed by atoms with Crippen molar-refractivity contribution in [2.75, 3.05) is 0 Å². The number of nitrogens with one attached hydrogen (secondary N) is 2. The van der Waals surface area contributed by atoms with Crippen molar-refractivity contribution in [1.29, 1.82) is 0 Å². The van der Waals surface area contributed by atoms with Gasteiger partial charge in [0.05, 0.1) is 0 Å². The molecule has 6 nitrogen and oxygen atoms in total. The van der Waals surface area contributed by atoms with Gasteiger partial charge in [-0.2, -0.15) is 0 Å². The van der Waals surface area contributed by atoms with Crippen molar-refractivity contribution in [3.05, 3.63) is 22.5 Å². The quantitative estimate of drug-likeness (QED) is 0.786. The molecule has 3 N–H and O–H groups in total. The van der Waals surface area contributed by atoms with Crippen molar-refractivity contribution in [1.82, 2.24) is 10.3 Å². The molecule has 1 unspecified atom stereocenters. The first kappa shape index (κ1) is 15.3. The second-order valence-corrected chi connectivity index (χ2v) is 5.79. The highest BCUT2D eigenvalue weighted by molar-refractivity contribution is 6.04. The molecule has 0 saturated carbocycles. The largest absolute Gasteiger partial charge is 0.480 e. The Labute approximate surface area is 122 Å². The Balaban J connectivity index is 2.28. The van der Waals surface area contributed by atoms with E-state index in [-0.39, 0.29) is 11.7 Å². The Morgan fingerprint density at radius 3 is 2.48 bits per heavy atom. The van der Waals surface area contributed by atoms with E-state index < -0.39 is 17.9 Å². The average molecular weight is 292 g/mol. The fourth-order valence-corrected chi connectivity index (χ4v) is 2.73. The van der Waals surface area contributed by atoms with Gasteiger partial charge in [-0.05, 0) is 31.2 Å². The standard InChI is InChI=1S/C15H20N2O4/c1-7(2)12(15(20)21)17-14(19)13-8(3)11-9(16-13)5-4-6-10(11)18/h7,12,16H,4-6H2,1-3H3,(H,17,19)(H,20,21). The topological polar surface area (TPSA) is 99.3 Å². The molecule has 1 aliphatic carbocycles. The highest BCUT2D eigenvalue weighted by Gasteiger charge is 2.29. The van der Waals surface area contributed by atoms with Crippen LogP contribution in [0.15, 0.2) is 0 Å². The number of hydrogen-bond acceptors (Lipinski definition) is 3. The Morgan fingerprint density at radius 2 is 1.95 bits per heavy atom. The molecular weight excluding hydrogens is 272 g/mol.